The van der Waals surface area contributed by atoms with E-state index in [9.17, 15) is 4.79 Å². The lowest BCUT2D eigenvalue weighted by molar-refractivity contribution is 0.205. The van der Waals surface area contributed by atoms with Gasteiger partial charge in [-0.2, -0.15) is 0 Å². The highest BCUT2D eigenvalue weighted by molar-refractivity contribution is 5.77. The first kappa shape index (κ1) is 20.8. The lowest BCUT2D eigenvalue weighted by Gasteiger charge is -2.37. The van der Waals surface area contributed by atoms with Crippen LogP contribution < -0.4 is 15.8 Å². The van der Waals surface area contributed by atoms with Crippen LogP contribution in [0, 0.1) is 0 Å². The Balaban J connectivity index is 1.08. The summed E-state index contributed by atoms with van der Waals surface area (Å²) in [6.45, 7) is 4.19. The lowest BCUT2D eigenvalue weighted by atomic mass is 10.0. The third-order valence-electron chi connectivity index (χ3n) is 8.05. The summed E-state index contributed by atoms with van der Waals surface area (Å²) in [6, 6.07) is 12.7. The van der Waals surface area contributed by atoms with E-state index in [1.54, 1.807) is 0 Å². The molecule has 0 radical (unpaired) electrons. The van der Waals surface area contributed by atoms with E-state index < -0.39 is 0 Å². The summed E-state index contributed by atoms with van der Waals surface area (Å²) < 4.78 is 0. The molecule has 4 heterocycles. The first-order valence-electron chi connectivity index (χ1n) is 12.3. The summed E-state index contributed by atoms with van der Waals surface area (Å²) in [5.41, 5.74) is 3.31. The van der Waals surface area contributed by atoms with E-state index in [2.05, 4.69) is 38.4 Å². The largest absolute Gasteiger partial charge is 0.370 e. The smallest absolute Gasteiger partial charge is 0.258 e. The molecule has 2 aliphatic heterocycles. The quantitative estimate of drug-likeness (QED) is 0.630. The molecule has 1 saturated carbocycles. The Bertz CT molecular complexity index is 1190. The zero-order valence-corrected chi connectivity index (χ0v) is 19.3. The number of hydrogen-bond acceptors (Lipinski definition) is 6. The van der Waals surface area contributed by atoms with E-state index in [1.165, 1.54) is 24.2 Å². The van der Waals surface area contributed by atoms with Crippen LogP contribution in [0.25, 0.3) is 10.9 Å². The second-order valence-electron chi connectivity index (χ2n) is 9.90. The molecule has 1 aliphatic carbocycles. The SMILES string of the molecule is CNC1(c2ccc(N3CCC(N4CCC(c5nc6ccccc6c(=O)[nH]5)C4)CC3)cn2)CC1. The number of rotatable bonds is 5. The van der Waals surface area contributed by atoms with Crippen molar-refractivity contribution in [3.63, 3.8) is 0 Å². The van der Waals surface area contributed by atoms with E-state index >= 15 is 0 Å². The molecule has 2 saturated heterocycles. The molecule has 0 bridgehead atoms. The van der Waals surface area contributed by atoms with Crippen molar-refractivity contribution in [1.29, 1.82) is 0 Å². The zero-order valence-electron chi connectivity index (χ0n) is 19.3. The van der Waals surface area contributed by atoms with Crippen molar-refractivity contribution in [3.05, 3.63) is 64.5 Å². The second-order valence-corrected chi connectivity index (χ2v) is 9.90. The molecule has 33 heavy (non-hydrogen) atoms. The number of nitrogens with zero attached hydrogens (tertiary/aromatic N) is 4. The Morgan fingerprint density at radius 1 is 1.06 bits per heavy atom. The fraction of sp³-hybridized carbons (Fsp3) is 0.500. The summed E-state index contributed by atoms with van der Waals surface area (Å²) in [6.07, 6.45) is 7.80. The number of benzene rings is 1. The summed E-state index contributed by atoms with van der Waals surface area (Å²) >= 11 is 0. The van der Waals surface area contributed by atoms with Crippen LogP contribution in [0.1, 0.15) is 49.5 Å². The van der Waals surface area contributed by atoms with Crippen molar-refractivity contribution in [2.45, 2.75) is 49.6 Å². The van der Waals surface area contributed by atoms with Gasteiger partial charge in [0.25, 0.3) is 5.56 Å². The van der Waals surface area contributed by atoms with Crippen molar-refractivity contribution < 1.29 is 0 Å². The average molecular weight is 445 g/mol. The molecule has 3 fully saturated rings. The molecule has 1 unspecified atom stereocenters. The Hall–Kier alpha value is -2.77. The number of anilines is 1. The number of piperidine rings is 1. The van der Waals surface area contributed by atoms with Crippen molar-refractivity contribution in [2.24, 2.45) is 0 Å². The van der Waals surface area contributed by atoms with Gasteiger partial charge < -0.3 is 15.2 Å². The van der Waals surface area contributed by atoms with Gasteiger partial charge in [0.15, 0.2) is 0 Å². The molecule has 2 aromatic heterocycles. The van der Waals surface area contributed by atoms with Gasteiger partial charge in [-0.25, -0.2) is 4.98 Å². The predicted octanol–water partition coefficient (Wildman–Crippen LogP) is 2.98. The van der Waals surface area contributed by atoms with Crippen LogP contribution in [0.4, 0.5) is 5.69 Å². The van der Waals surface area contributed by atoms with Gasteiger partial charge in [0.05, 0.1) is 34.0 Å². The van der Waals surface area contributed by atoms with Crippen LogP contribution in [0.15, 0.2) is 47.4 Å². The highest BCUT2D eigenvalue weighted by Gasteiger charge is 2.44. The summed E-state index contributed by atoms with van der Waals surface area (Å²) in [5.74, 6) is 1.15. The molecule has 172 valence electrons. The van der Waals surface area contributed by atoms with Crippen LogP contribution >= 0.6 is 0 Å². The van der Waals surface area contributed by atoms with Gasteiger partial charge in [-0.3, -0.25) is 14.7 Å². The lowest BCUT2D eigenvalue weighted by Crippen LogP contribution is -2.44. The number of hydrogen-bond donors (Lipinski definition) is 2. The molecule has 3 aliphatic rings. The first-order chi connectivity index (χ1) is 16.1. The van der Waals surface area contributed by atoms with Gasteiger partial charge in [0, 0.05) is 31.6 Å². The standard InChI is InChI=1S/C26H32N6O/c1-27-26(11-12-26)23-7-6-20(16-28-23)31-14-9-19(10-15-31)32-13-8-18(17-32)24-29-22-5-3-2-4-21(22)25(33)30-24/h2-7,16,18-19,27H,8-15,17H2,1H3,(H,29,30,33). The van der Waals surface area contributed by atoms with Crippen molar-refractivity contribution in [3.8, 4) is 0 Å². The predicted molar refractivity (Wildman–Crippen MR) is 131 cm³/mol. The van der Waals surface area contributed by atoms with Crippen LogP contribution in [-0.2, 0) is 5.54 Å². The molecule has 1 atom stereocenters. The topological polar surface area (TPSA) is 77.1 Å². The van der Waals surface area contributed by atoms with Gasteiger partial charge in [-0.05, 0) is 70.0 Å². The molecule has 2 N–H and O–H groups in total. The van der Waals surface area contributed by atoms with Gasteiger partial charge in [-0.1, -0.05) is 12.1 Å². The average Bonchev–Trinajstić information content (AvgIpc) is 3.52. The van der Waals surface area contributed by atoms with E-state index in [0.29, 0.717) is 17.3 Å². The zero-order chi connectivity index (χ0) is 22.4. The number of aromatic amines is 1. The van der Waals surface area contributed by atoms with Gasteiger partial charge in [0.1, 0.15) is 5.82 Å². The molecule has 6 rings (SSSR count). The minimum atomic E-state index is -0.0238. The van der Waals surface area contributed by atoms with E-state index in [1.807, 2.05) is 31.3 Å². The van der Waals surface area contributed by atoms with Crippen LogP contribution in [0.5, 0.6) is 0 Å². The fourth-order valence-electron chi connectivity index (χ4n) is 5.74. The van der Waals surface area contributed by atoms with Gasteiger partial charge in [0.2, 0.25) is 0 Å². The van der Waals surface area contributed by atoms with Crippen molar-refractivity contribution in [1.82, 2.24) is 25.2 Å². The van der Waals surface area contributed by atoms with Gasteiger partial charge in [-0.15, -0.1) is 0 Å². The van der Waals surface area contributed by atoms with Crippen LogP contribution in [0.3, 0.4) is 0 Å². The molecular formula is C26H32N6O. The van der Waals surface area contributed by atoms with Crippen LogP contribution in [-0.4, -0.2) is 59.1 Å². The molecule has 7 nitrogen and oxygen atoms in total. The third kappa shape index (κ3) is 3.83. The Morgan fingerprint density at radius 2 is 1.88 bits per heavy atom. The molecule has 7 heteroatoms. The molecule has 3 aromatic rings. The summed E-state index contributed by atoms with van der Waals surface area (Å²) in [5, 5.41) is 4.10. The highest BCUT2D eigenvalue weighted by Crippen LogP contribution is 2.44. The number of likely N-dealkylation sites (tertiary alicyclic amines) is 1. The number of pyridine rings is 1. The summed E-state index contributed by atoms with van der Waals surface area (Å²) in [4.78, 5) is 30.2. The third-order valence-corrected chi connectivity index (χ3v) is 8.05. The van der Waals surface area contributed by atoms with E-state index in [4.69, 9.17) is 9.97 Å². The number of fused-ring (bicyclic) bond motifs is 1. The summed E-state index contributed by atoms with van der Waals surface area (Å²) in [7, 11) is 2.03. The number of nitrogens with one attached hydrogen (secondary N) is 2. The Kier molecular flexibility index (Phi) is 5.18. The van der Waals surface area contributed by atoms with Crippen molar-refractivity contribution >= 4 is 16.6 Å². The second kappa shape index (κ2) is 8.22. The minimum absolute atomic E-state index is 0.0238. The Labute approximate surface area is 194 Å². The maximum Gasteiger partial charge on any atom is 0.258 e. The molecule has 0 spiro atoms. The van der Waals surface area contributed by atoms with E-state index in [0.717, 1.165) is 56.8 Å². The van der Waals surface area contributed by atoms with Crippen LogP contribution in [0.2, 0.25) is 0 Å². The maximum atomic E-state index is 12.5. The maximum absolute atomic E-state index is 12.5. The Morgan fingerprint density at radius 3 is 2.61 bits per heavy atom. The van der Waals surface area contributed by atoms with Gasteiger partial charge >= 0.3 is 0 Å². The van der Waals surface area contributed by atoms with Crippen molar-refractivity contribution in [2.75, 3.05) is 38.1 Å². The monoisotopic (exact) mass is 444 g/mol. The fourth-order valence-corrected chi connectivity index (χ4v) is 5.74. The number of aromatic nitrogens is 3. The highest BCUT2D eigenvalue weighted by atomic mass is 16.1. The molecular weight excluding hydrogens is 412 g/mol. The van der Waals surface area contributed by atoms with E-state index in [-0.39, 0.29) is 11.1 Å². The number of para-hydroxylation sites is 1. The first-order valence-corrected chi connectivity index (χ1v) is 12.3. The minimum Gasteiger partial charge on any atom is -0.370 e. The number of H-pyrrole nitrogens is 1. The molecule has 0 amide bonds. The molecule has 1 aromatic carbocycles. The normalized spacial score (nSPS) is 23.3.